The average Bonchev–Trinajstić information content (AvgIpc) is 2.14. The molecule has 0 aliphatic heterocycles. The van der Waals surface area contributed by atoms with E-state index in [-0.39, 0.29) is 0 Å². The van der Waals surface area contributed by atoms with Crippen molar-refractivity contribution >= 4 is 18.3 Å². The molecule has 0 unspecified atom stereocenters. The quantitative estimate of drug-likeness (QED) is 0.472. The Kier molecular flexibility index (Phi) is 3.09. The van der Waals surface area contributed by atoms with Crippen molar-refractivity contribution in [1.82, 2.24) is 0 Å². The maximum Gasteiger partial charge on any atom is 0.416 e. The number of nitro benzene ring substituents is 1. The Morgan fingerprint density at radius 1 is 1.44 bits per heavy atom. The second-order valence-corrected chi connectivity index (χ2v) is 3.24. The van der Waals surface area contributed by atoms with E-state index >= 15 is 0 Å². The van der Waals surface area contributed by atoms with Crippen molar-refractivity contribution in [2.24, 2.45) is 0 Å². The Balaban J connectivity index is 3.52. The van der Waals surface area contributed by atoms with Crippen molar-refractivity contribution < 1.29 is 18.1 Å². The summed E-state index contributed by atoms with van der Waals surface area (Å²) in [5, 5.41) is 19.0. The van der Waals surface area contributed by atoms with Crippen LogP contribution in [0.5, 0.6) is 0 Å². The first kappa shape index (κ1) is 12.3. The first-order valence-electron chi connectivity index (χ1n) is 3.76. The van der Waals surface area contributed by atoms with Crippen molar-refractivity contribution in [1.29, 1.82) is 5.26 Å². The Hall–Kier alpha value is -1.75. The third kappa shape index (κ3) is 2.25. The van der Waals surface area contributed by atoms with E-state index in [9.17, 15) is 23.3 Å². The minimum atomic E-state index is -4.67. The predicted molar refractivity (Wildman–Crippen MR) is 50.1 cm³/mol. The molecule has 0 saturated heterocycles. The van der Waals surface area contributed by atoms with Crippen molar-refractivity contribution in [3.05, 3.63) is 33.4 Å². The molecule has 0 saturated carbocycles. The zero-order chi connectivity index (χ0) is 12.5. The number of nitrogens with zero attached hydrogens (tertiary/aromatic N) is 2. The molecule has 4 nitrogen and oxygen atoms in total. The number of benzene rings is 1. The monoisotopic (exact) mass is 248 g/mol. The summed E-state index contributed by atoms with van der Waals surface area (Å²) in [7, 11) is 0. The molecule has 0 radical (unpaired) electrons. The molecule has 0 bridgehead atoms. The molecule has 0 N–H and O–H groups in total. The van der Waals surface area contributed by atoms with Gasteiger partial charge in [-0.25, -0.2) is 0 Å². The van der Waals surface area contributed by atoms with Crippen LogP contribution < -0.4 is 0 Å². The van der Waals surface area contributed by atoms with Gasteiger partial charge in [0.05, 0.1) is 15.4 Å². The van der Waals surface area contributed by atoms with Gasteiger partial charge in [0, 0.05) is 0 Å². The number of thiol groups is 1. The van der Waals surface area contributed by atoms with Crippen LogP contribution in [-0.4, -0.2) is 4.92 Å². The zero-order valence-corrected chi connectivity index (χ0v) is 8.34. The molecule has 0 aliphatic carbocycles. The van der Waals surface area contributed by atoms with Gasteiger partial charge in [-0.15, -0.1) is 12.6 Å². The van der Waals surface area contributed by atoms with E-state index in [1.54, 1.807) is 0 Å². The molecular weight excluding hydrogens is 245 g/mol. The molecule has 16 heavy (non-hydrogen) atoms. The first-order chi connectivity index (χ1) is 7.27. The van der Waals surface area contributed by atoms with E-state index in [0.717, 1.165) is 0 Å². The summed E-state index contributed by atoms with van der Waals surface area (Å²) >= 11 is 3.57. The van der Waals surface area contributed by atoms with Crippen LogP contribution in [0.2, 0.25) is 0 Å². The molecular formula is C8H3F3N2O2S. The molecule has 0 aromatic heterocycles. The molecule has 1 aromatic rings. The number of nitriles is 1. The van der Waals surface area contributed by atoms with Crippen LogP contribution in [0.3, 0.4) is 0 Å². The van der Waals surface area contributed by atoms with Gasteiger partial charge in [0.1, 0.15) is 11.6 Å². The van der Waals surface area contributed by atoms with Crippen LogP contribution in [-0.2, 0) is 6.18 Å². The summed E-state index contributed by atoms with van der Waals surface area (Å²) in [4.78, 5) is 9.05. The summed E-state index contributed by atoms with van der Waals surface area (Å²) in [5.41, 5.74) is -2.52. The van der Waals surface area contributed by atoms with Crippen LogP contribution in [0.1, 0.15) is 11.1 Å². The van der Waals surface area contributed by atoms with Crippen LogP contribution in [0, 0.1) is 21.4 Å². The molecule has 84 valence electrons. The third-order valence-electron chi connectivity index (χ3n) is 1.72. The highest BCUT2D eigenvalue weighted by Crippen LogP contribution is 2.36. The number of rotatable bonds is 1. The van der Waals surface area contributed by atoms with Crippen LogP contribution in [0.25, 0.3) is 0 Å². The predicted octanol–water partition coefficient (Wildman–Crippen LogP) is 2.77. The second kappa shape index (κ2) is 4.02. The lowest BCUT2D eigenvalue weighted by atomic mass is 10.1. The lowest BCUT2D eigenvalue weighted by molar-refractivity contribution is -0.388. The van der Waals surface area contributed by atoms with Gasteiger partial charge in [-0.2, -0.15) is 18.4 Å². The average molecular weight is 248 g/mol. The van der Waals surface area contributed by atoms with Gasteiger partial charge in [-0.05, 0) is 12.1 Å². The molecule has 0 atom stereocenters. The van der Waals surface area contributed by atoms with Gasteiger partial charge in [0.2, 0.25) is 0 Å². The van der Waals surface area contributed by atoms with Gasteiger partial charge in [-0.1, -0.05) is 0 Å². The van der Waals surface area contributed by atoms with Crippen LogP contribution in [0.15, 0.2) is 17.0 Å². The van der Waals surface area contributed by atoms with Gasteiger partial charge in [0.25, 0.3) is 5.69 Å². The van der Waals surface area contributed by atoms with Crippen molar-refractivity contribution in [3.8, 4) is 6.07 Å². The first-order valence-corrected chi connectivity index (χ1v) is 4.20. The fourth-order valence-corrected chi connectivity index (χ4v) is 1.40. The van der Waals surface area contributed by atoms with E-state index in [0.29, 0.717) is 12.1 Å². The Morgan fingerprint density at radius 2 is 2.00 bits per heavy atom. The van der Waals surface area contributed by atoms with Crippen LogP contribution in [0.4, 0.5) is 18.9 Å². The molecule has 1 aromatic carbocycles. The van der Waals surface area contributed by atoms with E-state index in [1.165, 1.54) is 6.07 Å². The van der Waals surface area contributed by atoms with Crippen molar-refractivity contribution in [2.45, 2.75) is 11.1 Å². The fourth-order valence-electron chi connectivity index (χ4n) is 1.06. The fraction of sp³-hybridized carbons (Fsp3) is 0.125. The topological polar surface area (TPSA) is 66.9 Å². The van der Waals surface area contributed by atoms with Gasteiger partial charge in [-0.3, -0.25) is 10.1 Å². The summed E-state index contributed by atoms with van der Waals surface area (Å²) in [6.45, 7) is 0. The Morgan fingerprint density at radius 3 is 2.38 bits per heavy atom. The maximum absolute atomic E-state index is 12.3. The molecule has 0 amide bonds. The molecule has 0 aliphatic rings. The molecule has 0 fully saturated rings. The molecule has 0 spiro atoms. The van der Waals surface area contributed by atoms with Crippen molar-refractivity contribution in [3.63, 3.8) is 0 Å². The molecule has 8 heteroatoms. The number of hydrogen-bond donors (Lipinski definition) is 1. The zero-order valence-electron chi connectivity index (χ0n) is 7.45. The third-order valence-corrected chi connectivity index (χ3v) is 2.06. The number of halogens is 3. The highest BCUT2D eigenvalue weighted by Gasteiger charge is 2.33. The number of alkyl halides is 3. The van der Waals surface area contributed by atoms with E-state index < -0.39 is 32.8 Å². The Labute approximate surface area is 92.9 Å². The second-order valence-electron chi connectivity index (χ2n) is 2.76. The highest BCUT2D eigenvalue weighted by atomic mass is 32.1. The summed E-state index contributed by atoms with van der Waals surface area (Å²) in [6.07, 6.45) is -4.67. The maximum atomic E-state index is 12.3. The van der Waals surface area contributed by atoms with Gasteiger partial charge >= 0.3 is 6.18 Å². The summed E-state index contributed by atoms with van der Waals surface area (Å²) in [6, 6.07) is 2.28. The van der Waals surface area contributed by atoms with E-state index in [4.69, 9.17) is 5.26 Å². The number of hydrogen-bond acceptors (Lipinski definition) is 4. The Bertz CT molecular complexity index is 493. The largest absolute Gasteiger partial charge is 0.416 e. The molecule has 1 rings (SSSR count). The van der Waals surface area contributed by atoms with Crippen LogP contribution >= 0.6 is 12.6 Å². The van der Waals surface area contributed by atoms with E-state index in [2.05, 4.69) is 12.6 Å². The summed E-state index contributed by atoms with van der Waals surface area (Å²) < 4.78 is 36.9. The highest BCUT2D eigenvalue weighted by molar-refractivity contribution is 7.80. The SMILES string of the molecule is N#Cc1cc(C(F)(F)F)cc(S)c1[N+](=O)[O-]. The van der Waals surface area contributed by atoms with Gasteiger partial charge < -0.3 is 0 Å². The van der Waals surface area contributed by atoms with E-state index in [1.807, 2.05) is 0 Å². The smallest absolute Gasteiger partial charge is 0.258 e. The lowest BCUT2D eigenvalue weighted by Crippen LogP contribution is -2.07. The lowest BCUT2D eigenvalue weighted by Gasteiger charge is -2.08. The minimum Gasteiger partial charge on any atom is -0.258 e. The standard InChI is InChI=1S/C8H3F3N2O2S/c9-8(10,11)5-1-4(3-12)7(13(14)15)6(16)2-5/h1-2,16H. The van der Waals surface area contributed by atoms with Gasteiger partial charge in [0.15, 0.2) is 0 Å². The van der Waals surface area contributed by atoms with Crippen molar-refractivity contribution in [2.75, 3.05) is 0 Å². The normalized spacial score (nSPS) is 10.9. The molecule has 0 heterocycles. The minimum absolute atomic E-state index is 0.428. The number of nitro groups is 1. The summed E-state index contributed by atoms with van der Waals surface area (Å²) in [5.74, 6) is 0.